The van der Waals surface area contributed by atoms with Crippen LogP contribution in [-0.2, 0) is 4.79 Å². The molecule has 16 heavy (non-hydrogen) atoms. The highest BCUT2D eigenvalue weighted by Crippen LogP contribution is 2.24. The summed E-state index contributed by atoms with van der Waals surface area (Å²) in [6.45, 7) is 3.71. The van der Waals surface area contributed by atoms with Gasteiger partial charge in [-0.1, -0.05) is 19.3 Å². The molecule has 1 aliphatic rings. The minimum atomic E-state index is 0.353. The first kappa shape index (κ1) is 13.5. The summed E-state index contributed by atoms with van der Waals surface area (Å²) in [4.78, 5) is 14.1. The highest BCUT2D eigenvalue weighted by Gasteiger charge is 2.24. The lowest BCUT2D eigenvalue weighted by Crippen LogP contribution is -2.38. The molecule has 0 radical (unpaired) electrons. The molecule has 0 spiro atoms. The Kier molecular flexibility index (Phi) is 6.46. The van der Waals surface area contributed by atoms with Gasteiger partial charge in [-0.15, -0.1) is 0 Å². The molecule has 1 amide bonds. The van der Waals surface area contributed by atoms with E-state index in [-0.39, 0.29) is 0 Å². The first-order valence-electron chi connectivity index (χ1n) is 6.79. The van der Waals surface area contributed by atoms with E-state index in [1.807, 2.05) is 0 Å². The molecule has 2 N–H and O–H groups in total. The zero-order valence-electron chi connectivity index (χ0n) is 10.6. The number of carbonyl (C=O) groups excluding carboxylic acids is 1. The van der Waals surface area contributed by atoms with Crippen molar-refractivity contribution in [1.29, 1.82) is 0 Å². The molecule has 0 bridgehead atoms. The molecule has 94 valence electrons. The van der Waals surface area contributed by atoms with Crippen molar-refractivity contribution >= 4 is 5.91 Å². The zero-order chi connectivity index (χ0) is 11.8. The number of nitrogens with two attached hydrogens (primary N) is 1. The maximum atomic E-state index is 12.0. The van der Waals surface area contributed by atoms with Crippen molar-refractivity contribution in [1.82, 2.24) is 4.90 Å². The second-order valence-electron chi connectivity index (χ2n) is 4.72. The van der Waals surface area contributed by atoms with E-state index in [4.69, 9.17) is 5.73 Å². The van der Waals surface area contributed by atoms with Crippen LogP contribution in [-0.4, -0.2) is 29.9 Å². The summed E-state index contributed by atoms with van der Waals surface area (Å²) in [5, 5.41) is 0. The molecule has 0 aromatic rings. The average Bonchev–Trinajstić information content (AvgIpc) is 2.79. The van der Waals surface area contributed by atoms with Gasteiger partial charge >= 0.3 is 0 Å². The van der Waals surface area contributed by atoms with Crippen LogP contribution in [0.4, 0.5) is 0 Å². The van der Waals surface area contributed by atoms with Gasteiger partial charge in [0.05, 0.1) is 0 Å². The molecule has 0 heterocycles. The van der Waals surface area contributed by atoms with E-state index in [0.29, 0.717) is 18.4 Å². The molecule has 0 saturated heterocycles. The monoisotopic (exact) mass is 226 g/mol. The number of hydrogen-bond acceptors (Lipinski definition) is 2. The van der Waals surface area contributed by atoms with Crippen molar-refractivity contribution in [2.45, 2.75) is 64.3 Å². The van der Waals surface area contributed by atoms with Crippen molar-refractivity contribution in [2.24, 2.45) is 5.73 Å². The van der Waals surface area contributed by atoms with Crippen LogP contribution in [0.1, 0.15) is 58.3 Å². The lowest BCUT2D eigenvalue weighted by molar-refractivity contribution is -0.133. The van der Waals surface area contributed by atoms with Crippen LogP contribution in [0.15, 0.2) is 0 Å². The van der Waals surface area contributed by atoms with Crippen LogP contribution in [0, 0.1) is 0 Å². The molecular weight excluding hydrogens is 200 g/mol. The maximum Gasteiger partial charge on any atom is 0.222 e. The van der Waals surface area contributed by atoms with E-state index in [1.165, 1.54) is 25.7 Å². The van der Waals surface area contributed by atoms with Crippen molar-refractivity contribution in [3.05, 3.63) is 0 Å². The minimum absolute atomic E-state index is 0.353. The molecule has 1 saturated carbocycles. The van der Waals surface area contributed by atoms with Crippen molar-refractivity contribution in [3.8, 4) is 0 Å². The SMILES string of the molecule is CCN(C(=O)CCCCCN)C1CCCC1. The Morgan fingerprint density at radius 2 is 1.94 bits per heavy atom. The molecule has 3 heteroatoms. The smallest absolute Gasteiger partial charge is 0.222 e. The third-order valence-electron chi connectivity index (χ3n) is 3.52. The lowest BCUT2D eigenvalue weighted by Gasteiger charge is -2.27. The van der Waals surface area contributed by atoms with Gasteiger partial charge in [-0.25, -0.2) is 0 Å². The summed E-state index contributed by atoms with van der Waals surface area (Å²) in [6.07, 6.45) is 8.85. The Hall–Kier alpha value is -0.570. The molecule has 0 atom stereocenters. The first-order valence-corrected chi connectivity index (χ1v) is 6.79. The van der Waals surface area contributed by atoms with E-state index < -0.39 is 0 Å². The van der Waals surface area contributed by atoms with E-state index in [1.54, 1.807) is 0 Å². The summed E-state index contributed by atoms with van der Waals surface area (Å²) in [5.74, 6) is 0.353. The quantitative estimate of drug-likeness (QED) is 0.677. The second kappa shape index (κ2) is 7.66. The van der Waals surface area contributed by atoms with Gasteiger partial charge in [-0.2, -0.15) is 0 Å². The molecule has 3 nitrogen and oxygen atoms in total. The van der Waals surface area contributed by atoms with Crippen LogP contribution in [0.25, 0.3) is 0 Å². The van der Waals surface area contributed by atoms with Crippen LogP contribution < -0.4 is 5.73 Å². The van der Waals surface area contributed by atoms with Crippen molar-refractivity contribution in [3.63, 3.8) is 0 Å². The predicted octanol–water partition coefficient (Wildman–Crippen LogP) is 2.30. The summed E-state index contributed by atoms with van der Waals surface area (Å²) < 4.78 is 0. The topological polar surface area (TPSA) is 46.3 Å². The Balaban J connectivity index is 2.25. The van der Waals surface area contributed by atoms with Crippen molar-refractivity contribution in [2.75, 3.05) is 13.1 Å². The fraction of sp³-hybridized carbons (Fsp3) is 0.923. The fourth-order valence-corrected chi connectivity index (χ4v) is 2.60. The van der Waals surface area contributed by atoms with E-state index in [2.05, 4.69) is 11.8 Å². The Labute approximate surface area is 99.4 Å². The molecule has 0 aromatic carbocycles. The van der Waals surface area contributed by atoms with Gasteiger partial charge in [-0.05, 0) is 39.2 Å². The fourth-order valence-electron chi connectivity index (χ4n) is 2.60. The van der Waals surface area contributed by atoms with Gasteiger partial charge in [0, 0.05) is 19.0 Å². The van der Waals surface area contributed by atoms with Gasteiger partial charge in [-0.3, -0.25) is 4.79 Å². The summed E-state index contributed by atoms with van der Waals surface area (Å²) in [7, 11) is 0. The third kappa shape index (κ3) is 4.12. The number of rotatable bonds is 7. The zero-order valence-corrected chi connectivity index (χ0v) is 10.6. The molecule has 1 rings (SSSR count). The number of hydrogen-bond donors (Lipinski definition) is 1. The van der Waals surface area contributed by atoms with Crippen LogP contribution >= 0.6 is 0 Å². The average molecular weight is 226 g/mol. The minimum Gasteiger partial charge on any atom is -0.340 e. The van der Waals surface area contributed by atoms with Crippen LogP contribution in [0.3, 0.4) is 0 Å². The largest absolute Gasteiger partial charge is 0.340 e. The van der Waals surface area contributed by atoms with Gasteiger partial charge in [0.15, 0.2) is 0 Å². The standard InChI is InChI=1S/C13H26N2O/c1-2-15(12-8-5-6-9-12)13(16)10-4-3-7-11-14/h12H,2-11,14H2,1H3. The summed E-state index contributed by atoms with van der Waals surface area (Å²) in [6, 6.07) is 0.534. The van der Waals surface area contributed by atoms with Crippen molar-refractivity contribution < 1.29 is 4.79 Å². The molecule has 1 aliphatic carbocycles. The second-order valence-corrected chi connectivity index (χ2v) is 4.72. The van der Waals surface area contributed by atoms with Gasteiger partial charge in [0.25, 0.3) is 0 Å². The third-order valence-corrected chi connectivity index (χ3v) is 3.52. The van der Waals surface area contributed by atoms with Gasteiger partial charge < -0.3 is 10.6 Å². The Morgan fingerprint density at radius 1 is 1.25 bits per heavy atom. The van der Waals surface area contributed by atoms with E-state index in [9.17, 15) is 4.79 Å². The first-order chi connectivity index (χ1) is 7.79. The predicted molar refractivity (Wildman–Crippen MR) is 67.2 cm³/mol. The number of nitrogens with zero attached hydrogens (tertiary/aromatic N) is 1. The normalized spacial score (nSPS) is 16.6. The molecule has 1 fully saturated rings. The summed E-state index contributed by atoms with van der Waals surface area (Å²) in [5.41, 5.74) is 5.44. The molecule has 0 aliphatic heterocycles. The highest BCUT2D eigenvalue weighted by molar-refractivity contribution is 5.76. The van der Waals surface area contributed by atoms with E-state index in [0.717, 1.165) is 32.4 Å². The van der Waals surface area contributed by atoms with Crippen LogP contribution in [0.5, 0.6) is 0 Å². The number of unbranched alkanes of at least 4 members (excludes halogenated alkanes) is 2. The van der Waals surface area contributed by atoms with E-state index >= 15 is 0 Å². The Bertz CT molecular complexity index is 200. The Morgan fingerprint density at radius 3 is 2.50 bits per heavy atom. The summed E-state index contributed by atoms with van der Waals surface area (Å²) >= 11 is 0. The molecule has 0 unspecified atom stereocenters. The van der Waals surface area contributed by atoms with Gasteiger partial charge in [0.2, 0.25) is 5.91 Å². The maximum absolute atomic E-state index is 12.0. The van der Waals surface area contributed by atoms with Crippen LogP contribution in [0.2, 0.25) is 0 Å². The highest BCUT2D eigenvalue weighted by atomic mass is 16.2. The van der Waals surface area contributed by atoms with Gasteiger partial charge in [0.1, 0.15) is 0 Å². The number of amides is 1. The lowest BCUT2D eigenvalue weighted by atomic mass is 10.1. The number of carbonyl (C=O) groups is 1. The molecule has 0 aromatic heterocycles. The molecular formula is C13H26N2O.